The Morgan fingerprint density at radius 3 is 2.61 bits per heavy atom. The van der Waals surface area contributed by atoms with Gasteiger partial charge in [-0.05, 0) is 25.1 Å². The number of nitrogens with two attached hydrogens (primary N) is 1. The maximum absolute atomic E-state index is 11.7. The third-order valence-electron chi connectivity index (χ3n) is 3.01. The molecule has 0 fully saturated rings. The average molecular weight is 249 g/mol. The minimum Gasteiger partial charge on any atom is -0.465 e. The van der Waals surface area contributed by atoms with Crippen LogP contribution in [0.2, 0.25) is 0 Å². The van der Waals surface area contributed by atoms with Crippen molar-refractivity contribution in [2.45, 2.75) is 19.9 Å². The van der Waals surface area contributed by atoms with Crippen molar-refractivity contribution in [2.75, 3.05) is 22.1 Å². The summed E-state index contributed by atoms with van der Waals surface area (Å²) in [7, 11) is 0. The molecule has 18 heavy (non-hydrogen) atoms. The molecule has 1 aromatic carbocycles. The number of carbonyl (C=O) groups excluding carboxylic acids is 1. The van der Waals surface area contributed by atoms with Crippen molar-refractivity contribution >= 4 is 29.1 Å². The van der Waals surface area contributed by atoms with Crippen LogP contribution < -0.4 is 15.5 Å². The highest BCUT2D eigenvalue weighted by molar-refractivity contribution is 6.02. The molecule has 6 nitrogen and oxygen atoms in total. The lowest BCUT2D eigenvalue weighted by atomic mass is 10.1. The Morgan fingerprint density at radius 1 is 1.39 bits per heavy atom. The Kier molecular flexibility index (Phi) is 2.86. The van der Waals surface area contributed by atoms with E-state index in [0.29, 0.717) is 17.1 Å². The van der Waals surface area contributed by atoms with Crippen molar-refractivity contribution < 1.29 is 14.7 Å². The van der Waals surface area contributed by atoms with Gasteiger partial charge in [0.05, 0.1) is 17.4 Å². The maximum atomic E-state index is 11.7. The van der Waals surface area contributed by atoms with Gasteiger partial charge in [-0.25, -0.2) is 4.79 Å². The molecule has 0 saturated heterocycles. The van der Waals surface area contributed by atoms with Gasteiger partial charge in [0.2, 0.25) is 5.91 Å². The van der Waals surface area contributed by atoms with E-state index in [-0.39, 0.29) is 18.5 Å². The Balaban J connectivity index is 2.59. The number of rotatable bonds is 0. The summed E-state index contributed by atoms with van der Waals surface area (Å²) in [5.74, 6) is -0.126. The molecule has 1 heterocycles. The van der Waals surface area contributed by atoms with Gasteiger partial charge < -0.3 is 15.7 Å². The summed E-state index contributed by atoms with van der Waals surface area (Å²) in [5, 5.41) is 9.19. The molecule has 96 valence electrons. The lowest BCUT2D eigenvalue weighted by molar-refractivity contribution is -0.117. The number of carbonyl (C=O) groups is 2. The number of nitrogen functional groups attached to an aromatic ring is 1. The van der Waals surface area contributed by atoms with E-state index in [2.05, 4.69) is 0 Å². The third-order valence-corrected chi connectivity index (χ3v) is 3.01. The summed E-state index contributed by atoms with van der Waals surface area (Å²) in [5.41, 5.74) is 7.24. The van der Waals surface area contributed by atoms with Crippen molar-refractivity contribution in [3.63, 3.8) is 0 Å². The number of nitrogens with zero attached hydrogens (tertiary/aromatic N) is 2. The van der Waals surface area contributed by atoms with Crippen molar-refractivity contribution in [2.24, 2.45) is 0 Å². The average Bonchev–Trinajstić information content (AvgIpc) is 2.26. The van der Waals surface area contributed by atoms with Gasteiger partial charge in [-0.1, -0.05) is 0 Å². The molecule has 0 aromatic heterocycles. The summed E-state index contributed by atoms with van der Waals surface area (Å²) in [6.07, 6.45) is -1.03. The van der Waals surface area contributed by atoms with Crippen molar-refractivity contribution in [3.8, 4) is 0 Å². The highest BCUT2D eigenvalue weighted by Crippen LogP contribution is 2.37. The monoisotopic (exact) mass is 249 g/mol. The van der Waals surface area contributed by atoms with Crippen LogP contribution in [0.25, 0.3) is 0 Å². The fourth-order valence-corrected chi connectivity index (χ4v) is 2.30. The number of benzene rings is 1. The second-order valence-corrected chi connectivity index (χ2v) is 4.38. The number of carboxylic acid groups (broad SMARTS) is 1. The van der Waals surface area contributed by atoms with Gasteiger partial charge in [0.25, 0.3) is 0 Å². The van der Waals surface area contributed by atoms with Crippen LogP contribution in [0.1, 0.15) is 13.8 Å². The van der Waals surface area contributed by atoms with Crippen LogP contribution in [0.3, 0.4) is 0 Å². The molecule has 1 aliphatic heterocycles. The van der Waals surface area contributed by atoms with Crippen LogP contribution in [-0.4, -0.2) is 29.7 Å². The summed E-state index contributed by atoms with van der Waals surface area (Å²) in [6.45, 7) is 3.52. The molecule has 1 aromatic rings. The third kappa shape index (κ3) is 1.85. The Bertz CT molecular complexity index is 515. The molecule has 2 rings (SSSR count). The first kappa shape index (κ1) is 12.2. The highest BCUT2D eigenvalue weighted by atomic mass is 16.4. The smallest absolute Gasteiger partial charge is 0.411 e. The SMILES string of the molecule is CC(=O)N1c2cc(N)ccc2N(C(=O)O)CC1C. The predicted molar refractivity (Wildman–Crippen MR) is 68.8 cm³/mol. The zero-order valence-electron chi connectivity index (χ0n) is 10.3. The molecule has 0 saturated carbocycles. The molecular weight excluding hydrogens is 234 g/mol. The fourth-order valence-electron chi connectivity index (χ4n) is 2.30. The molecule has 1 unspecified atom stereocenters. The summed E-state index contributed by atoms with van der Waals surface area (Å²) < 4.78 is 0. The van der Waals surface area contributed by atoms with E-state index >= 15 is 0 Å². The minimum atomic E-state index is -1.03. The minimum absolute atomic E-state index is 0.126. The molecule has 6 heteroatoms. The highest BCUT2D eigenvalue weighted by Gasteiger charge is 2.33. The van der Waals surface area contributed by atoms with Crippen molar-refractivity contribution in [1.82, 2.24) is 0 Å². The zero-order valence-corrected chi connectivity index (χ0v) is 10.3. The van der Waals surface area contributed by atoms with E-state index in [4.69, 9.17) is 5.73 Å². The van der Waals surface area contributed by atoms with Crippen LogP contribution in [0.5, 0.6) is 0 Å². The zero-order chi connectivity index (χ0) is 13.4. The molecule has 1 atom stereocenters. The molecular formula is C12H15N3O3. The van der Waals surface area contributed by atoms with Gasteiger partial charge in [-0.2, -0.15) is 0 Å². The molecule has 0 radical (unpaired) electrons. The quantitative estimate of drug-likeness (QED) is 0.682. The topological polar surface area (TPSA) is 86.9 Å². The van der Waals surface area contributed by atoms with Crippen LogP contribution in [0, 0.1) is 0 Å². The summed E-state index contributed by atoms with van der Waals surface area (Å²) in [6, 6.07) is 4.67. The molecule has 0 spiro atoms. The van der Waals surface area contributed by atoms with Gasteiger partial charge in [-0.3, -0.25) is 9.69 Å². The van der Waals surface area contributed by atoms with Crippen molar-refractivity contribution in [3.05, 3.63) is 18.2 Å². The standard InChI is InChI=1S/C12H15N3O3/c1-7-6-14(12(17)18)10-4-3-9(13)5-11(10)15(7)8(2)16/h3-5,7H,6,13H2,1-2H3,(H,17,18). The second kappa shape index (κ2) is 4.21. The lowest BCUT2D eigenvalue weighted by Gasteiger charge is -2.39. The number of hydrogen-bond acceptors (Lipinski definition) is 3. The van der Waals surface area contributed by atoms with E-state index in [0.717, 1.165) is 0 Å². The number of amides is 2. The van der Waals surface area contributed by atoms with Gasteiger partial charge in [0.15, 0.2) is 0 Å². The van der Waals surface area contributed by atoms with E-state index in [1.165, 1.54) is 11.8 Å². The second-order valence-electron chi connectivity index (χ2n) is 4.38. The molecule has 2 amide bonds. The number of hydrogen-bond donors (Lipinski definition) is 2. The maximum Gasteiger partial charge on any atom is 0.411 e. The van der Waals surface area contributed by atoms with Gasteiger partial charge >= 0.3 is 6.09 Å². The summed E-state index contributed by atoms with van der Waals surface area (Å²) >= 11 is 0. The lowest BCUT2D eigenvalue weighted by Crippen LogP contribution is -2.51. The Labute approximate surface area is 105 Å². The Hall–Kier alpha value is -2.24. The predicted octanol–water partition coefficient (Wildman–Crippen LogP) is 1.51. The van der Waals surface area contributed by atoms with Crippen molar-refractivity contribution in [1.29, 1.82) is 0 Å². The Morgan fingerprint density at radius 2 is 2.06 bits per heavy atom. The van der Waals surface area contributed by atoms with Gasteiger partial charge in [0.1, 0.15) is 0 Å². The first-order valence-corrected chi connectivity index (χ1v) is 5.61. The van der Waals surface area contributed by atoms with Gasteiger partial charge in [-0.15, -0.1) is 0 Å². The molecule has 0 aliphatic carbocycles. The fraction of sp³-hybridized carbons (Fsp3) is 0.333. The van der Waals surface area contributed by atoms with Crippen LogP contribution >= 0.6 is 0 Å². The molecule has 1 aliphatic rings. The van der Waals surface area contributed by atoms with E-state index in [9.17, 15) is 14.7 Å². The van der Waals surface area contributed by atoms with Crippen LogP contribution in [-0.2, 0) is 4.79 Å². The summed E-state index contributed by atoms with van der Waals surface area (Å²) in [4.78, 5) is 25.7. The first-order chi connectivity index (χ1) is 8.41. The largest absolute Gasteiger partial charge is 0.465 e. The van der Waals surface area contributed by atoms with E-state index in [1.807, 2.05) is 6.92 Å². The van der Waals surface area contributed by atoms with E-state index in [1.54, 1.807) is 23.1 Å². The number of fused-ring (bicyclic) bond motifs is 1. The van der Waals surface area contributed by atoms with Gasteiger partial charge in [0, 0.05) is 19.2 Å². The first-order valence-electron chi connectivity index (χ1n) is 5.61. The van der Waals surface area contributed by atoms with Crippen LogP contribution in [0.4, 0.5) is 21.9 Å². The number of anilines is 3. The molecule has 3 N–H and O–H groups in total. The van der Waals surface area contributed by atoms with E-state index < -0.39 is 6.09 Å². The normalized spacial score (nSPS) is 18.4. The van der Waals surface area contributed by atoms with Crippen LogP contribution in [0.15, 0.2) is 18.2 Å². The molecule has 0 bridgehead atoms.